The Balaban J connectivity index is 1.55. The van der Waals surface area contributed by atoms with Gasteiger partial charge in [-0.15, -0.1) is 0 Å². The van der Waals surface area contributed by atoms with Gasteiger partial charge in [0.25, 0.3) is 0 Å². The van der Waals surface area contributed by atoms with Crippen molar-refractivity contribution in [1.82, 2.24) is 10.2 Å². The van der Waals surface area contributed by atoms with Gasteiger partial charge in [0.1, 0.15) is 11.6 Å². The summed E-state index contributed by atoms with van der Waals surface area (Å²) in [5.74, 6) is -1.03. The third-order valence-electron chi connectivity index (χ3n) is 4.81. The fourth-order valence-corrected chi connectivity index (χ4v) is 3.51. The highest BCUT2D eigenvalue weighted by molar-refractivity contribution is 5.50. The maximum Gasteiger partial charge on any atom is 0.133 e. The van der Waals surface area contributed by atoms with Gasteiger partial charge in [0.15, 0.2) is 0 Å². The van der Waals surface area contributed by atoms with Crippen LogP contribution in [-0.2, 0) is 0 Å². The monoisotopic (exact) mass is 292 g/mol. The molecular formula is C17H22F2N2. The highest BCUT2D eigenvalue weighted by Crippen LogP contribution is 2.38. The number of hydrogen-bond donors (Lipinski definition) is 1. The van der Waals surface area contributed by atoms with Crippen molar-refractivity contribution in [2.45, 2.75) is 19.3 Å². The Kier molecular flexibility index (Phi) is 4.36. The van der Waals surface area contributed by atoms with Crippen LogP contribution in [0.5, 0.6) is 0 Å². The third kappa shape index (κ3) is 3.50. The zero-order chi connectivity index (χ0) is 14.7. The second-order valence-electron chi connectivity index (χ2n) is 6.30. The first-order chi connectivity index (χ1) is 10.2. The van der Waals surface area contributed by atoms with E-state index in [4.69, 9.17) is 0 Å². The lowest BCUT2D eigenvalue weighted by Gasteiger charge is -2.33. The molecule has 1 aromatic rings. The molecule has 2 aliphatic rings. The van der Waals surface area contributed by atoms with Gasteiger partial charge in [-0.1, -0.05) is 12.2 Å². The van der Waals surface area contributed by atoms with Crippen molar-refractivity contribution in [3.63, 3.8) is 0 Å². The summed E-state index contributed by atoms with van der Waals surface area (Å²) in [7, 11) is 0. The summed E-state index contributed by atoms with van der Waals surface area (Å²) < 4.78 is 26.4. The molecule has 0 radical (unpaired) electrons. The minimum atomic E-state index is -0.531. The average Bonchev–Trinajstić information content (AvgIpc) is 2.85. The average molecular weight is 292 g/mol. The zero-order valence-corrected chi connectivity index (χ0v) is 12.2. The number of nitrogens with zero attached hydrogens (tertiary/aromatic N) is 1. The van der Waals surface area contributed by atoms with E-state index in [1.807, 2.05) is 6.08 Å². The molecule has 0 saturated carbocycles. The summed E-state index contributed by atoms with van der Waals surface area (Å²) in [6.45, 7) is 5.36. The number of likely N-dealkylation sites (tertiary alicyclic amines) is 1. The number of piperidine rings is 1. The minimum absolute atomic E-state index is 0.451. The Morgan fingerprint density at radius 2 is 2.00 bits per heavy atom. The molecule has 4 heteroatoms. The lowest BCUT2D eigenvalue weighted by Crippen LogP contribution is -2.38. The summed E-state index contributed by atoms with van der Waals surface area (Å²) >= 11 is 0. The highest BCUT2D eigenvalue weighted by atomic mass is 19.1. The van der Waals surface area contributed by atoms with Crippen LogP contribution in [-0.4, -0.2) is 37.6 Å². The van der Waals surface area contributed by atoms with Gasteiger partial charge in [-0.3, -0.25) is 4.90 Å². The molecule has 2 aliphatic heterocycles. The molecule has 0 bridgehead atoms. The zero-order valence-electron chi connectivity index (χ0n) is 12.2. The summed E-state index contributed by atoms with van der Waals surface area (Å²) in [5, 5.41) is 3.42. The van der Waals surface area contributed by atoms with Crippen LogP contribution in [0, 0.1) is 17.0 Å². The first-order valence-corrected chi connectivity index (χ1v) is 7.72. The fraction of sp³-hybridized carbons (Fsp3) is 0.529. The van der Waals surface area contributed by atoms with Crippen LogP contribution in [0.1, 0.15) is 24.8 Å². The number of halogens is 2. The SMILES string of the molecule is Fc1ccc(/C=C/CN2CCC3(CCNCC3)C2)c(F)c1. The maximum atomic E-state index is 13.5. The smallest absolute Gasteiger partial charge is 0.133 e. The van der Waals surface area contributed by atoms with Gasteiger partial charge >= 0.3 is 0 Å². The van der Waals surface area contributed by atoms with Gasteiger partial charge in [0.05, 0.1) is 0 Å². The summed E-state index contributed by atoms with van der Waals surface area (Å²) in [6, 6.07) is 3.71. The number of hydrogen-bond acceptors (Lipinski definition) is 2. The summed E-state index contributed by atoms with van der Waals surface area (Å²) in [6.07, 6.45) is 7.53. The Hall–Kier alpha value is -1.26. The fourth-order valence-electron chi connectivity index (χ4n) is 3.51. The van der Waals surface area contributed by atoms with Gasteiger partial charge in [0, 0.05) is 24.7 Å². The third-order valence-corrected chi connectivity index (χ3v) is 4.81. The van der Waals surface area contributed by atoms with Crippen molar-refractivity contribution in [1.29, 1.82) is 0 Å². The van der Waals surface area contributed by atoms with Crippen LogP contribution < -0.4 is 5.32 Å². The second kappa shape index (κ2) is 6.24. The van der Waals surface area contributed by atoms with Gasteiger partial charge in [0.2, 0.25) is 0 Å². The Morgan fingerprint density at radius 1 is 1.19 bits per heavy atom. The van der Waals surface area contributed by atoms with Crippen molar-refractivity contribution < 1.29 is 8.78 Å². The molecule has 1 aromatic carbocycles. The van der Waals surface area contributed by atoms with Gasteiger partial charge in [-0.05, 0) is 56.4 Å². The lowest BCUT2D eigenvalue weighted by atomic mass is 9.78. The van der Waals surface area contributed by atoms with E-state index >= 15 is 0 Å². The molecule has 3 rings (SSSR count). The van der Waals surface area contributed by atoms with Crippen molar-refractivity contribution in [3.8, 4) is 0 Å². The molecule has 0 unspecified atom stereocenters. The molecule has 21 heavy (non-hydrogen) atoms. The van der Waals surface area contributed by atoms with Crippen molar-refractivity contribution in [2.75, 3.05) is 32.7 Å². The predicted octanol–water partition coefficient (Wildman–Crippen LogP) is 3.05. The van der Waals surface area contributed by atoms with E-state index < -0.39 is 11.6 Å². The van der Waals surface area contributed by atoms with Crippen LogP contribution in [0.2, 0.25) is 0 Å². The van der Waals surface area contributed by atoms with E-state index in [1.54, 1.807) is 6.08 Å². The molecule has 1 spiro atoms. The number of benzene rings is 1. The quantitative estimate of drug-likeness (QED) is 0.921. The van der Waals surface area contributed by atoms with E-state index in [0.29, 0.717) is 11.0 Å². The predicted molar refractivity (Wildman–Crippen MR) is 81.0 cm³/mol. The lowest BCUT2D eigenvalue weighted by molar-refractivity contribution is 0.202. The molecule has 1 N–H and O–H groups in total. The molecule has 0 aromatic heterocycles. The Morgan fingerprint density at radius 3 is 2.76 bits per heavy atom. The van der Waals surface area contributed by atoms with E-state index in [-0.39, 0.29) is 0 Å². The first kappa shape index (κ1) is 14.7. The minimum Gasteiger partial charge on any atom is -0.317 e. The van der Waals surface area contributed by atoms with Gasteiger partial charge in [-0.25, -0.2) is 8.78 Å². The molecule has 0 atom stereocenters. The first-order valence-electron chi connectivity index (χ1n) is 7.72. The largest absolute Gasteiger partial charge is 0.317 e. The van der Waals surface area contributed by atoms with Crippen molar-refractivity contribution in [3.05, 3.63) is 41.5 Å². The summed E-state index contributed by atoms with van der Waals surface area (Å²) in [5.41, 5.74) is 0.951. The normalized spacial score (nSPS) is 22.4. The second-order valence-corrected chi connectivity index (χ2v) is 6.30. The molecular weight excluding hydrogens is 270 g/mol. The maximum absolute atomic E-state index is 13.5. The number of nitrogens with one attached hydrogen (secondary N) is 1. The molecule has 0 amide bonds. The Bertz CT molecular complexity index is 522. The van der Waals surface area contributed by atoms with Crippen LogP contribution in [0.3, 0.4) is 0 Å². The van der Waals surface area contributed by atoms with Crippen LogP contribution in [0.4, 0.5) is 8.78 Å². The van der Waals surface area contributed by atoms with Crippen LogP contribution in [0.25, 0.3) is 6.08 Å². The van der Waals surface area contributed by atoms with Crippen molar-refractivity contribution >= 4 is 6.08 Å². The van der Waals surface area contributed by atoms with Crippen LogP contribution in [0.15, 0.2) is 24.3 Å². The molecule has 114 valence electrons. The van der Waals surface area contributed by atoms with E-state index in [2.05, 4.69) is 10.2 Å². The van der Waals surface area contributed by atoms with Gasteiger partial charge in [-0.2, -0.15) is 0 Å². The van der Waals surface area contributed by atoms with E-state index in [9.17, 15) is 8.78 Å². The molecule has 2 nitrogen and oxygen atoms in total. The molecule has 2 saturated heterocycles. The number of rotatable bonds is 3. The Labute approximate surface area is 124 Å². The standard InChI is InChI=1S/C17H22F2N2/c18-15-4-3-14(16(19)12-15)2-1-10-21-11-7-17(13-21)5-8-20-9-6-17/h1-4,12,20H,5-11,13H2/b2-1+. The highest BCUT2D eigenvalue weighted by Gasteiger charge is 2.38. The molecule has 2 fully saturated rings. The van der Waals surface area contributed by atoms with E-state index in [1.165, 1.54) is 31.4 Å². The summed E-state index contributed by atoms with van der Waals surface area (Å²) in [4.78, 5) is 2.43. The molecule has 2 heterocycles. The van der Waals surface area contributed by atoms with Crippen LogP contribution >= 0.6 is 0 Å². The molecule has 0 aliphatic carbocycles. The van der Waals surface area contributed by atoms with E-state index in [0.717, 1.165) is 38.8 Å². The van der Waals surface area contributed by atoms with Crippen molar-refractivity contribution in [2.24, 2.45) is 5.41 Å². The topological polar surface area (TPSA) is 15.3 Å². The van der Waals surface area contributed by atoms with Gasteiger partial charge < -0.3 is 5.32 Å².